The second-order valence-corrected chi connectivity index (χ2v) is 6.29. The molecule has 0 heterocycles. The molecule has 0 saturated carbocycles. The molecule has 3 N–H and O–H groups in total. The summed E-state index contributed by atoms with van der Waals surface area (Å²) in [7, 11) is 0. The van der Waals surface area contributed by atoms with Crippen molar-refractivity contribution in [1.82, 2.24) is 0 Å². The Morgan fingerprint density at radius 3 is 2.67 bits per heavy atom. The number of nitrogens with two attached hydrogens (primary N) is 1. The van der Waals surface area contributed by atoms with Crippen molar-refractivity contribution in [1.29, 1.82) is 0 Å². The van der Waals surface area contributed by atoms with Gasteiger partial charge in [0.05, 0.1) is 17.1 Å². The molecular formula is C16H17ClN2OS. The van der Waals surface area contributed by atoms with Gasteiger partial charge in [-0.3, -0.25) is 4.79 Å². The van der Waals surface area contributed by atoms with Crippen LogP contribution in [0.2, 0.25) is 5.02 Å². The number of hydrogen-bond acceptors (Lipinski definition) is 3. The fourth-order valence-corrected chi connectivity index (χ4v) is 2.93. The van der Waals surface area contributed by atoms with Gasteiger partial charge in [0.15, 0.2) is 0 Å². The van der Waals surface area contributed by atoms with E-state index in [1.165, 1.54) is 22.9 Å². The fourth-order valence-electron chi connectivity index (χ4n) is 1.94. The highest BCUT2D eigenvalue weighted by Gasteiger charge is 2.08. The first kappa shape index (κ1) is 15.7. The standard InChI is InChI=1S/C16H17ClN2OS/c1-10-3-6-15(11(2)7-10)21-9-16(20)19-14-5-4-12(17)8-13(14)18/h3-8H,9,18H2,1-2H3,(H,19,20). The van der Waals surface area contributed by atoms with Crippen LogP contribution in [-0.4, -0.2) is 11.7 Å². The molecule has 0 bridgehead atoms. The van der Waals surface area contributed by atoms with E-state index >= 15 is 0 Å². The molecule has 2 rings (SSSR count). The van der Waals surface area contributed by atoms with Crippen LogP contribution in [0, 0.1) is 13.8 Å². The smallest absolute Gasteiger partial charge is 0.234 e. The number of benzene rings is 2. The highest BCUT2D eigenvalue weighted by molar-refractivity contribution is 8.00. The van der Waals surface area contributed by atoms with Crippen LogP contribution in [0.4, 0.5) is 11.4 Å². The van der Waals surface area contributed by atoms with Gasteiger partial charge in [-0.2, -0.15) is 0 Å². The Morgan fingerprint density at radius 2 is 2.00 bits per heavy atom. The van der Waals surface area contributed by atoms with Crippen molar-refractivity contribution >= 4 is 40.6 Å². The van der Waals surface area contributed by atoms with Crippen molar-refractivity contribution in [3.8, 4) is 0 Å². The highest BCUT2D eigenvalue weighted by atomic mass is 35.5. The van der Waals surface area contributed by atoms with Gasteiger partial charge in [0, 0.05) is 9.92 Å². The molecule has 0 aliphatic heterocycles. The predicted molar refractivity (Wildman–Crippen MR) is 91.1 cm³/mol. The number of rotatable bonds is 4. The number of halogens is 1. The van der Waals surface area contributed by atoms with Crippen molar-refractivity contribution in [3.63, 3.8) is 0 Å². The lowest BCUT2D eigenvalue weighted by molar-refractivity contribution is -0.113. The third-order valence-corrected chi connectivity index (χ3v) is 4.39. The summed E-state index contributed by atoms with van der Waals surface area (Å²) in [5.41, 5.74) is 9.26. The molecule has 0 aliphatic rings. The molecule has 0 aromatic heterocycles. The number of nitrogen functional groups attached to an aromatic ring is 1. The molecule has 21 heavy (non-hydrogen) atoms. The minimum Gasteiger partial charge on any atom is -0.397 e. The van der Waals surface area contributed by atoms with Gasteiger partial charge >= 0.3 is 0 Å². The van der Waals surface area contributed by atoms with Crippen LogP contribution in [0.25, 0.3) is 0 Å². The summed E-state index contributed by atoms with van der Waals surface area (Å²) in [4.78, 5) is 13.1. The number of nitrogens with one attached hydrogen (secondary N) is 1. The lowest BCUT2D eigenvalue weighted by Crippen LogP contribution is -2.15. The molecule has 2 aromatic rings. The number of carbonyl (C=O) groups is 1. The van der Waals surface area contributed by atoms with Crippen molar-refractivity contribution in [2.75, 3.05) is 16.8 Å². The molecule has 2 aromatic carbocycles. The Bertz CT molecular complexity index is 673. The third-order valence-electron chi connectivity index (χ3n) is 2.98. The third kappa shape index (κ3) is 4.41. The average molecular weight is 321 g/mol. The van der Waals surface area contributed by atoms with Gasteiger partial charge in [-0.15, -0.1) is 11.8 Å². The number of anilines is 2. The SMILES string of the molecule is Cc1ccc(SCC(=O)Nc2ccc(Cl)cc2N)c(C)c1. The Kier molecular flexibility index (Phi) is 5.15. The molecule has 1 amide bonds. The molecule has 0 fully saturated rings. The number of amides is 1. The number of thioether (sulfide) groups is 1. The largest absolute Gasteiger partial charge is 0.397 e. The van der Waals surface area contributed by atoms with Crippen LogP contribution in [0.5, 0.6) is 0 Å². The summed E-state index contributed by atoms with van der Waals surface area (Å²) in [6.45, 7) is 4.10. The second-order valence-electron chi connectivity index (χ2n) is 4.84. The first-order valence-electron chi connectivity index (χ1n) is 6.50. The molecule has 0 spiro atoms. The monoisotopic (exact) mass is 320 g/mol. The van der Waals surface area contributed by atoms with E-state index in [9.17, 15) is 4.79 Å². The molecule has 0 unspecified atom stereocenters. The van der Waals surface area contributed by atoms with Crippen molar-refractivity contribution in [2.24, 2.45) is 0 Å². The molecule has 0 radical (unpaired) electrons. The van der Waals surface area contributed by atoms with Gasteiger partial charge in [0.2, 0.25) is 5.91 Å². The zero-order chi connectivity index (χ0) is 15.4. The van der Waals surface area contributed by atoms with Gasteiger partial charge in [0.25, 0.3) is 0 Å². The maximum Gasteiger partial charge on any atom is 0.234 e. The van der Waals surface area contributed by atoms with E-state index in [1.807, 2.05) is 19.1 Å². The Hall–Kier alpha value is -1.65. The summed E-state index contributed by atoms with van der Waals surface area (Å²) >= 11 is 7.34. The van der Waals surface area contributed by atoms with Crippen LogP contribution in [0.15, 0.2) is 41.3 Å². The van der Waals surface area contributed by atoms with E-state index in [1.54, 1.807) is 18.2 Å². The van der Waals surface area contributed by atoms with Crippen molar-refractivity contribution in [3.05, 3.63) is 52.5 Å². The van der Waals surface area contributed by atoms with E-state index in [-0.39, 0.29) is 5.91 Å². The normalized spacial score (nSPS) is 10.4. The zero-order valence-corrected chi connectivity index (χ0v) is 13.5. The van der Waals surface area contributed by atoms with Gasteiger partial charge in [-0.25, -0.2) is 0 Å². The summed E-state index contributed by atoms with van der Waals surface area (Å²) < 4.78 is 0. The summed E-state index contributed by atoms with van der Waals surface area (Å²) in [6, 6.07) is 11.2. The molecular weight excluding hydrogens is 304 g/mol. The molecule has 3 nitrogen and oxygen atoms in total. The topological polar surface area (TPSA) is 55.1 Å². The highest BCUT2D eigenvalue weighted by Crippen LogP contribution is 2.25. The van der Waals surface area contributed by atoms with Crippen LogP contribution in [-0.2, 0) is 4.79 Å². The zero-order valence-electron chi connectivity index (χ0n) is 11.9. The number of carbonyl (C=O) groups excluding carboxylic acids is 1. The quantitative estimate of drug-likeness (QED) is 0.653. The average Bonchev–Trinajstić information content (AvgIpc) is 2.41. The maximum atomic E-state index is 12.0. The predicted octanol–water partition coefficient (Wildman–Crippen LogP) is 4.27. The first-order valence-corrected chi connectivity index (χ1v) is 7.87. The Morgan fingerprint density at radius 1 is 1.24 bits per heavy atom. The first-order chi connectivity index (χ1) is 9.95. The number of aryl methyl sites for hydroxylation is 2. The minimum absolute atomic E-state index is 0.0889. The van der Waals surface area contributed by atoms with Crippen molar-refractivity contribution < 1.29 is 4.79 Å². The lowest BCUT2D eigenvalue weighted by atomic mass is 10.2. The molecule has 0 atom stereocenters. The fraction of sp³-hybridized carbons (Fsp3) is 0.188. The second kappa shape index (κ2) is 6.87. The summed E-state index contributed by atoms with van der Waals surface area (Å²) in [5.74, 6) is 0.250. The van der Waals surface area contributed by atoms with Crippen LogP contribution in [0.1, 0.15) is 11.1 Å². The summed E-state index contributed by atoms with van der Waals surface area (Å²) in [5, 5.41) is 3.35. The van der Waals surface area contributed by atoms with Crippen LogP contribution >= 0.6 is 23.4 Å². The Balaban J connectivity index is 1.96. The van der Waals surface area contributed by atoms with E-state index in [2.05, 4.69) is 18.3 Å². The molecule has 5 heteroatoms. The van der Waals surface area contributed by atoms with Gasteiger partial charge in [-0.1, -0.05) is 29.3 Å². The van der Waals surface area contributed by atoms with Crippen LogP contribution < -0.4 is 11.1 Å². The van der Waals surface area contributed by atoms with E-state index in [0.717, 1.165) is 4.90 Å². The van der Waals surface area contributed by atoms with Gasteiger partial charge in [0.1, 0.15) is 0 Å². The van der Waals surface area contributed by atoms with E-state index in [0.29, 0.717) is 22.2 Å². The number of hydrogen-bond donors (Lipinski definition) is 2. The molecule has 0 aliphatic carbocycles. The maximum absolute atomic E-state index is 12.0. The lowest BCUT2D eigenvalue weighted by Gasteiger charge is -2.09. The molecule has 0 saturated heterocycles. The Labute approximate surface area is 133 Å². The van der Waals surface area contributed by atoms with E-state index < -0.39 is 0 Å². The molecule has 110 valence electrons. The minimum atomic E-state index is -0.0889. The van der Waals surface area contributed by atoms with Gasteiger partial charge in [-0.05, 0) is 43.7 Å². The van der Waals surface area contributed by atoms with E-state index in [4.69, 9.17) is 17.3 Å². The van der Waals surface area contributed by atoms with Gasteiger partial charge < -0.3 is 11.1 Å². The van der Waals surface area contributed by atoms with Crippen LogP contribution in [0.3, 0.4) is 0 Å². The summed E-state index contributed by atoms with van der Waals surface area (Å²) in [6.07, 6.45) is 0. The van der Waals surface area contributed by atoms with Crippen molar-refractivity contribution in [2.45, 2.75) is 18.7 Å².